The maximum atomic E-state index is 12.7. The molecule has 0 aliphatic carbocycles. The number of aryl methyl sites for hydroxylation is 2. The number of carbonyl (C=O) groups is 1. The highest BCUT2D eigenvalue weighted by molar-refractivity contribution is 6.09. The van der Waals surface area contributed by atoms with Gasteiger partial charge in [-0.15, -0.1) is 0 Å². The Morgan fingerprint density at radius 3 is 2.35 bits per heavy atom. The predicted molar refractivity (Wildman–Crippen MR) is 125 cm³/mol. The quantitative estimate of drug-likeness (QED) is 0.393. The Morgan fingerprint density at radius 1 is 1.03 bits per heavy atom. The van der Waals surface area contributed by atoms with Gasteiger partial charge in [-0.25, -0.2) is 0 Å². The second-order valence-corrected chi connectivity index (χ2v) is 7.45. The number of carbonyl (C=O) groups excluding carboxylic acids is 1. The van der Waals surface area contributed by atoms with E-state index in [0.717, 1.165) is 23.3 Å². The van der Waals surface area contributed by atoms with Crippen molar-refractivity contribution in [1.29, 1.82) is 5.26 Å². The number of amides is 1. The van der Waals surface area contributed by atoms with Gasteiger partial charge in [0.1, 0.15) is 17.4 Å². The topological polar surface area (TPSA) is 62.1 Å². The molecule has 0 heterocycles. The van der Waals surface area contributed by atoms with Gasteiger partial charge in [-0.3, -0.25) is 4.79 Å². The zero-order valence-electron chi connectivity index (χ0n) is 18.1. The first-order chi connectivity index (χ1) is 15.0. The molecule has 0 saturated heterocycles. The first-order valence-electron chi connectivity index (χ1n) is 10.3. The Kier molecular flexibility index (Phi) is 7.24. The fraction of sp³-hybridized carbons (Fsp3) is 0.185. The number of benzene rings is 3. The molecule has 0 unspecified atom stereocenters. The summed E-state index contributed by atoms with van der Waals surface area (Å²) in [6.07, 6.45) is 2.39. The summed E-state index contributed by atoms with van der Waals surface area (Å²) < 4.78 is 5.41. The van der Waals surface area contributed by atoms with Crippen LogP contribution in [0.5, 0.6) is 5.75 Å². The molecule has 1 amide bonds. The van der Waals surface area contributed by atoms with Crippen LogP contribution in [0.2, 0.25) is 0 Å². The summed E-state index contributed by atoms with van der Waals surface area (Å²) in [5.41, 5.74) is 6.23. The van der Waals surface area contributed by atoms with Crippen LogP contribution >= 0.6 is 0 Å². The fourth-order valence-electron chi connectivity index (χ4n) is 3.53. The molecule has 3 aromatic rings. The second kappa shape index (κ2) is 10.3. The zero-order chi connectivity index (χ0) is 22.2. The highest BCUT2D eigenvalue weighted by atomic mass is 16.5. The number of hydrogen-bond acceptors (Lipinski definition) is 3. The summed E-state index contributed by atoms with van der Waals surface area (Å²) in [5.74, 6) is 0.296. The summed E-state index contributed by atoms with van der Waals surface area (Å²) in [7, 11) is 0. The second-order valence-electron chi connectivity index (χ2n) is 7.45. The molecule has 0 aliphatic rings. The van der Waals surface area contributed by atoms with E-state index in [1.807, 2.05) is 37.3 Å². The maximum absolute atomic E-state index is 12.7. The largest absolute Gasteiger partial charge is 0.494 e. The first kappa shape index (κ1) is 21.9. The number of nitrogens with zero attached hydrogens (tertiary/aromatic N) is 1. The SMILES string of the molecule is CCOc1ccc(NC(=O)/C(C#N)=C/c2ccccc2Cc2cc(C)cc(C)c2)cc1. The van der Waals surface area contributed by atoms with E-state index in [1.165, 1.54) is 16.7 Å². The lowest BCUT2D eigenvalue weighted by Crippen LogP contribution is -2.13. The van der Waals surface area contributed by atoms with Gasteiger partial charge in [-0.1, -0.05) is 53.6 Å². The molecular weight excluding hydrogens is 384 g/mol. The van der Waals surface area contributed by atoms with Crippen LogP contribution in [0.15, 0.2) is 72.3 Å². The molecule has 0 fully saturated rings. The average Bonchev–Trinajstić information content (AvgIpc) is 2.74. The van der Waals surface area contributed by atoms with Crippen molar-refractivity contribution in [3.05, 3.63) is 100 Å². The predicted octanol–water partition coefficient (Wildman–Crippen LogP) is 5.84. The Hall–Kier alpha value is -3.84. The van der Waals surface area contributed by atoms with Gasteiger partial charge in [-0.2, -0.15) is 5.26 Å². The molecule has 0 radical (unpaired) electrons. The number of nitriles is 1. The number of anilines is 1. The average molecular weight is 411 g/mol. The third-order valence-electron chi connectivity index (χ3n) is 4.82. The Morgan fingerprint density at radius 2 is 1.71 bits per heavy atom. The van der Waals surface area contributed by atoms with Crippen LogP contribution in [-0.4, -0.2) is 12.5 Å². The van der Waals surface area contributed by atoms with E-state index in [4.69, 9.17) is 4.74 Å². The molecule has 156 valence electrons. The van der Waals surface area contributed by atoms with Gasteiger partial charge >= 0.3 is 0 Å². The molecule has 3 aromatic carbocycles. The highest BCUT2D eigenvalue weighted by Gasteiger charge is 2.11. The van der Waals surface area contributed by atoms with Crippen molar-refractivity contribution in [3.63, 3.8) is 0 Å². The lowest BCUT2D eigenvalue weighted by Gasteiger charge is -2.10. The molecular formula is C27H26N2O2. The smallest absolute Gasteiger partial charge is 0.266 e. The molecule has 0 bridgehead atoms. The molecule has 4 heteroatoms. The summed E-state index contributed by atoms with van der Waals surface area (Å²) in [6, 6.07) is 23.4. The van der Waals surface area contributed by atoms with Crippen LogP contribution in [0.4, 0.5) is 5.69 Å². The van der Waals surface area contributed by atoms with E-state index in [-0.39, 0.29) is 5.57 Å². The van der Waals surface area contributed by atoms with Crippen molar-refractivity contribution < 1.29 is 9.53 Å². The first-order valence-corrected chi connectivity index (χ1v) is 10.3. The molecule has 31 heavy (non-hydrogen) atoms. The minimum Gasteiger partial charge on any atom is -0.494 e. The van der Waals surface area contributed by atoms with E-state index in [1.54, 1.807) is 30.3 Å². The van der Waals surface area contributed by atoms with Crippen LogP contribution in [0, 0.1) is 25.2 Å². The monoisotopic (exact) mass is 410 g/mol. The van der Waals surface area contributed by atoms with Gasteiger partial charge in [0.2, 0.25) is 0 Å². The molecule has 0 spiro atoms. The lowest BCUT2D eigenvalue weighted by atomic mass is 9.96. The third-order valence-corrected chi connectivity index (χ3v) is 4.82. The summed E-state index contributed by atoms with van der Waals surface area (Å²) >= 11 is 0. The summed E-state index contributed by atoms with van der Waals surface area (Å²) in [4.78, 5) is 12.7. The molecule has 4 nitrogen and oxygen atoms in total. The summed E-state index contributed by atoms with van der Waals surface area (Å²) in [5, 5.41) is 12.4. The van der Waals surface area contributed by atoms with Gasteiger partial charge < -0.3 is 10.1 Å². The normalized spacial score (nSPS) is 11.0. The number of hydrogen-bond donors (Lipinski definition) is 1. The van der Waals surface area contributed by atoms with Crippen LogP contribution in [0.25, 0.3) is 6.08 Å². The van der Waals surface area contributed by atoms with Crippen LogP contribution in [0.1, 0.15) is 34.7 Å². The van der Waals surface area contributed by atoms with E-state index in [9.17, 15) is 10.1 Å². The van der Waals surface area contributed by atoms with Gasteiger partial charge in [-0.05, 0) is 74.2 Å². The third kappa shape index (κ3) is 6.07. The van der Waals surface area contributed by atoms with Crippen LogP contribution in [-0.2, 0) is 11.2 Å². The number of rotatable bonds is 7. The summed E-state index contributed by atoms with van der Waals surface area (Å²) in [6.45, 7) is 6.66. The van der Waals surface area contributed by atoms with Crippen molar-refractivity contribution in [2.75, 3.05) is 11.9 Å². The Bertz CT molecular complexity index is 1120. The van der Waals surface area contributed by atoms with Crippen molar-refractivity contribution >= 4 is 17.7 Å². The maximum Gasteiger partial charge on any atom is 0.266 e. The van der Waals surface area contributed by atoms with E-state index in [0.29, 0.717) is 12.3 Å². The standard InChI is InChI=1S/C27H26N2O2/c1-4-31-26-11-9-25(10-12-26)29-27(30)24(18-28)17-23-8-6-5-7-22(23)16-21-14-19(2)13-20(3)15-21/h5-15,17H,4,16H2,1-3H3,(H,29,30)/b24-17+. The van der Waals surface area contributed by atoms with E-state index < -0.39 is 5.91 Å². The molecule has 3 rings (SSSR count). The van der Waals surface area contributed by atoms with Gasteiger partial charge in [0, 0.05) is 5.69 Å². The van der Waals surface area contributed by atoms with Crippen LogP contribution in [0.3, 0.4) is 0 Å². The van der Waals surface area contributed by atoms with Crippen molar-refractivity contribution in [2.24, 2.45) is 0 Å². The lowest BCUT2D eigenvalue weighted by molar-refractivity contribution is -0.112. The van der Waals surface area contributed by atoms with Crippen LogP contribution < -0.4 is 10.1 Å². The molecule has 0 saturated carbocycles. The molecule has 0 aromatic heterocycles. The van der Waals surface area contributed by atoms with E-state index >= 15 is 0 Å². The number of nitrogens with one attached hydrogen (secondary N) is 1. The van der Waals surface area contributed by atoms with Crippen molar-refractivity contribution in [2.45, 2.75) is 27.2 Å². The Labute approximate surface area is 183 Å². The molecule has 0 aliphatic heterocycles. The molecule has 1 N–H and O–H groups in total. The minimum atomic E-state index is -0.437. The number of ether oxygens (including phenoxy) is 1. The van der Waals surface area contributed by atoms with Gasteiger partial charge in [0.05, 0.1) is 6.61 Å². The van der Waals surface area contributed by atoms with Gasteiger partial charge in [0.25, 0.3) is 5.91 Å². The van der Waals surface area contributed by atoms with Gasteiger partial charge in [0.15, 0.2) is 0 Å². The Balaban J connectivity index is 1.82. The van der Waals surface area contributed by atoms with E-state index in [2.05, 4.69) is 37.4 Å². The van der Waals surface area contributed by atoms with Crippen molar-refractivity contribution in [1.82, 2.24) is 0 Å². The van der Waals surface area contributed by atoms with Crippen molar-refractivity contribution in [3.8, 4) is 11.8 Å². The zero-order valence-corrected chi connectivity index (χ0v) is 18.1. The highest BCUT2D eigenvalue weighted by Crippen LogP contribution is 2.21. The molecule has 0 atom stereocenters. The fourth-order valence-corrected chi connectivity index (χ4v) is 3.53. The minimum absolute atomic E-state index is 0.0572.